The van der Waals surface area contributed by atoms with Crippen molar-refractivity contribution in [1.29, 1.82) is 0 Å². The lowest BCUT2D eigenvalue weighted by Gasteiger charge is -2.32. The lowest BCUT2D eigenvalue weighted by Crippen LogP contribution is -2.46. The van der Waals surface area contributed by atoms with Gasteiger partial charge in [-0.1, -0.05) is 55.0 Å². The second kappa shape index (κ2) is 11.8. The van der Waals surface area contributed by atoms with E-state index in [0.717, 1.165) is 12.8 Å². The molecular weight excluding hydrogens is 448 g/mol. The summed E-state index contributed by atoms with van der Waals surface area (Å²) in [4.78, 5) is 37.2. The average Bonchev–Trinajstić information content (AvgIpc) is 3.18. The molecule has 1 atom stereocenters. The predicted octanol–water partition coefficient (Wildman–Crippen LogP) is 3.79. The molecule has 1 heterocycles. The summed E-state index contributed by atoms with van der Waals surface area (Å²) < 4.78 is 10.9. The Morgan fingerprint density at radius 2 is 1.69 bits per heavy atom. The molecule has 186 valence electrons. The molecular formula is C27H32N2O6. The molecule has 8 nitrogen and oxygen atoms in total. The van der Waals surface area contributed by atoms with Gasteiger partial charge in [-0.05, 0) is 35.1 Å². The number of fused-ring (bicyclic) bond motifs is 3. The smallest absolute Gasteiger partial charge is 0.407 e. The van der Waals surface area contributed by atoms with E-state index in [1.54, 1.807) is 4.90 Å². The Morgan fingerprint density at radius 1 is 1.00 bits per heavy atom. The molecule has 2 aromatic carbocycles. The van der Waals surface area contributed by atoms with Gasteiger partial charge in [0.15, 0.2) is 0 Å². The van der Waals surface area contributed by atoms with Gasteiger partial charge in [0.2, 0.25) is 5.91 Å². The molecule has 4 rings (SSSR count). The molecule has 2 aromatic rings. The number of nitrogens with zero attached hydrogens (tertiary/aromatic N) is 1. The van der Waals surface area contributed by atoms with Gasteiger partial charge in [-0.2, -0.15) is 0 Å². The van der Waals surface area contributed by atoms with E-state index in [9.17, 15) is 14.4 Å². The van der Waals surface area contributed by atoms with Gasteiger partial charge >= 0.3 is 12.1 Å². The fourth-order valence-electron chi connectivity index (χ4n) is 4.84. The molecule has 35 heavy (non-hydrogen) atoms. The van der Waals surface area contributed by atoms with Crippen LogP contribution in [0.4, 0.5) is 4.79 Å². The van der Waals surface area contributed by atoms with Crippen LogP contribution in [0.1, 0.15) is 49.1 Å². The summed E-state index contributed by atoms with van der Waals surface area (Å²) in [6.07, 6.45) is 1.72. The van der Waals surface area contributed by atoms with Gasteiger partial charge < -0.3 is 24.8 Å². The number of unbranched alkanes of at least 4 members (excludes halogenated alkanes) is 2. The Bertz CT molecular complexity index is 1010. The maximum Gasteiger partial charge on any atom is 0.407 e. The van der Waals surface area contributed by atoms with E-state index in [1.165, 1.54) is 22.3 Å². The monoisotopic (exact) mass is 480 g/mol. The van der Waals surface area contributed by atoms with Crippen LogP contribution < -0.4 is 5.32 Å². The molecule has 2 amide bonds. The number of hydrogen-bond acceptors (Lipinski definition) is 5. The highest BCUT2D eigenvalue weighted by Gasteiger charge is 2.29. The third-order valence-electron chi connectivity index (χ3n) is 6.57. The SMILES string of the molecule is O=C(O)CC1CN(C(=O)CCCCCNC(=O)OCC2c3ccccc3-c3ccccc32)CCO1. The molecule has 1 saturated heterocycles. The number of morpholine rings is 1. The van der Waals surface area contributed by atoms with Crippen LogP contribution in [0.15, 0.2) is 48.5 Å². The molecule has 2 N–H and O–H groups in total. The van der Waals surface area contributed by atoms with Gasteiger partial charge in [-0.15, -0.1) is 0 Å². The van der Waals surface area contributed by atoms with E-state index >= 15 is 0 Å². The molecule has 0 aromatic heterocycles. The van der Waals surface area contributed by atoms with E-state index in [1.807, 2.05) is 24.3 Å². The van der Waals surface area contributed by atoms with Crippen LogP contribution in [0.25, 0.3) is 11.1 Å². The number of amides is 2. The van der Waals surface area contributed by atoms with Gasteiger partial charge in [0.05, 0.1) is 19.1 Å². The van der Waals surface area contributed by atoms with Crippen LogP contribution in [0.2, 0.25) is 0 Å². The van der Waals surface area contributed by atoms with E-state index in [0.29, 0.717) is 39.1 Å². The molecule has 0 bridgehead atoms. The number of alkyl carbamates (subject to hydrolysis) is 1. The standard InChI is InChI=1S/C27H32N2O6/c30-25(29-14-15-34-19(17-29)16-26(31)32)12-2-1-7-13-28-27(33)35-18-24-22-10-5-3-8-20(22)21-9-4-6-11-23(21)24/h3-6,8-11,19,24H,1-2,7,12-18H2,(H,28,33)(H,31,32). The average molecular weight is 481 g/mol. The van der Waals surface area contributed by atoms with Crippen LogP contribution in [0.3, 0.4) is 0 Å². The Morgan fingerprint density at radius 3 is 2.37 bits per heavy atom. The van der Waals surface area contributed by atoms with Crippen molar-refractivity contribution >= 4 is 18.0 Å². The molecule has 1 fully saturated rings. The summed E-state index contributed by atoms with van der Waals surface area (Å²) in [6, 6.07) is 16.5. The number of nitrogens with one attached hydrogen (secondary N) is 1. The van der Waals surface area contributed by atoms with Crippen molar-refractivity contribution in [3.63, 3.8) is 0 Å². The Hall–Kier alpha value is -3.39. The lowest BCUT2D eigenvalue weighted by molar-refractivity contribution is -0.147. The number of carbonyl (C=O) groups excluding carboxylic acids is 2. The Balaban J connectivity index is 1.12. The second-order valence-corrected chi connectivity index (χ2v) is 8.99. The van der Waals surface area contributed by atoms with Gasteiger partial charge in [-0.3, -0.25) is 9.59 Å². The molecule has 1 unspecified atom stereocenters. The number of carbonyl (C=O) groups is 3. The van der Waals surface area contributed by atoms with Crippen molar-refractivity contribution < 1.29 is 29.0 Å². The second-order valence-electron chi connectivity index (χ2n) is 8.99. The minimum Gasteiger partial charge on any atom is -0.481 e. The zero-order valence-electron chi connectivity index (χ0n) is 19.8. The molecule has 1 aliphatic carbocycles. The van der Waals surface area contributed by atoms with Crippen molar-refractivity contribution in [1.82, 2.24) is 10.2 Å². The highest BCUT2D eigenvalue weighted by Crippen LogP contribution is 2.44. The third kappa shape index (κ3) is 6.39. The number of rotatable bonds is 10. The highest BCUT2D eigenvalue weighted by molar-refractivity contribution is 5.79. The Kier molecular flexibility index (Phi) is 8.36. The van der Waals surface area contributed by atoms with Gasteiger partial charge in [-0.25, -0.2) is 4.79 Å². The first-order valence-corrected chi connectivity index (χ1v) is 12.2. The molecule has 0 spiro atoms. The quantitative estimate of drug-likeness (QED) is 0.502. The van der Waals surface area contributed by atoms with Crippen LogP contribution in [0.5, 0.6) is 0 Å². The minimum absolute atomic E-state index is 0.0215. The van der Waals surface area contributed by atoms with Crippen LogP contribution in [-0.2, 0) is 19.1 Å². The summed E-state index contributed by atoms with van der Waals surface area (Å²) in [7, 11) is 0. The highest BCUT2D eigenvalue weighted by atomic mass is 16.5. The lowest BCUT2D eigenvalue weighted by atomic mass is 9.98. The topological polar surface area (TPSA) is 105 Å². The number of hydrogen-bond donors (Lipinski definition) is 2. The first-order valence-electron chi connectivity index (χ1n) is 12.2. The van der Waals surface area contributed by atoms with Crippen LogP contribution in [-0.4, -0.2) is 66.9 Å². The van der Waals surface area contributed by atoms with E-state index in [2.05, 4.69) is 29.6 Å². The number of benzene rings is 2. The zero-order valence-corrected chi connectivity index (χ0v) is 19.8. The van der Waals surface area contributed by atoms with Gasteiger partial charge in [0, 0.05) is 32.0 Å². The maximum atomic E-state index is 12.4. The molecule has 2 aliphatic rings. The van der Waals surface area contributed by atoms with Gasteiger partial charge in [0.25, 0.3) is 0 Å². The third-order valence-corrected chi connectivity index (χ3v) is 6.57. The normalized spacial score (nSPS) is 16.9. The van der Waals surface area contributed by atoms with Gasteiger partial charge in [0.1, 0.15) is 6.61 Å². The molecule has 8 heteroatoms. The van der Waals surface area contributed by atoms with Crippen molar-refractivity contribution in [2.75, 3.05) is 32.8 Å². The predicted molar refractivity (Wildman–Crippen MR) is 130 cm³/mol. The molecule has 0 radical (unpaired) electrons. The number of aliphatic carboxylic acids is 1. The molecule has 1 aliphatic heterocycles. The molecule has 0 saturated carbocycles. The zero-order chi connectivity index (χ0) is 24.6. The summed E-state index contributed by atoms with van der Waals surface area (Å²) in [5.74, 6) is -0.865. The summed E-state index contributed by atoms with van der Waals surface area (Å²) in [5.41, 5.74) is 4.75. The summed E-state index contributed by atoms with van der Waals surface area (Å²) in [6.45, 7) is 1.97. The number of carboxylic acid groups (broad SMARTS) is 1. The Labute approximate surface area is 205 Å². The fourth-order valence-corrected chi connectivity index (χ4v) is 4.84. The largest absolute Gasteiger partial charge is 0.481 e. The summed E-state index contributed by atoms with van der Waals surface area (Å²) in [5, 5.41) is 11.7. The van der Waals surface area contributed by atoms with Crippen LogP contribution >= 0.6 is 0 Å². The number of carboxylic acids is 1. The first kappa shape index (κ1) is 24.7. The van der Waals surface area contributed by atoms with Crippen molar-refractivity contribution in [2.24, 2.45) is 0 Å². The van der Waals surface area contributed by atoms with Crippen molar-refractivity contribution in [2.45, 2.75) is 44.1 Å². The van der Waals surface area contributed by atoms with Crippen molar-refractivity contribution in [3.8, 4) is 11.1 Å². The van der Waals surface area contributed by atoms with E-state index < -0.39 is 18.2 Å². The summed E-state index contributed by atoms with van der Waals surface area (Å²) >= 11 is 0. The van der Waals surface area contributed by atoms with Crippen molar-refractivity contribution in [3.05, 3.63) is 59.7 Å². The fraction of sp³-hybridized carbons (Fsp3) is 0.444. The van der Waals surface area contributed by atoms with E-state index in [4.69, 9.17) is 14.6 Å². The minimum atomic E-state index is -0.923. The van der Waals surface area contributed by atoms with E-state index in [-0.39, 0.29) is 24.9 Å². The first-order chi connectivity index (χ1) is 17.0. The number of ether oxygens (including phenoxy) is 2. The van der Waals surface area contributed by atoms with Crippen LogP contribution in [0, 0.1) is 0 Å². The maximum absolute atomic E-state index is 12.4.